The SMILES string of the molecule is CCCCCCC(CCCC)c1ccns1. The van der Waals surface area contributed by atoms with E-state index in [-0.39, 0.29) is 0 Å². The van der Waals surface area contributed by atoms with Gasteiger partial charge in [-0.05, 0) is 36.4 Å². The van der Waals surface area contributed by atoms with Gasteiger partial charge in [-0.2, -0.15) is 0 Å². The van der Waals surface area contributed by atoms with Crippen molar-refractivity contribution in [1.82, 2.24) is 4.37 Å². The van der Waals surface area contributed by atoms with E-state index >= 15 is 0 Å². The predicted octanol–water partition coefficient (Wildman–Crippen LogP) is 5.39. The van der Waals surface area contributed by atoms with Gasteiger partial charge in [-0.3, -0.25) is 0 Å². The van der Waals surface area contributed by atoms with E-state index in [0.29, 0.717) is 0 Å². The molecule has 1 nitrogen and oxygen atoms in total. The highest BCUT2D eigenvalue weighted by Crippen LogP contribution is 2.30. The highest BCUT2D eigenvalue weighted by Gasteiger charge is 2.12. The summed E-state index contributed by atoms with van der Waals surface area (Å²) < 4.78 is 4.24. The monoisotopic (exact) mass is 239 g/mol. The van der Waals surface area contributed by atoms with Gasteiger partial charge in [-0.1, -0.05) is 52.4 Å². The summed E-state index contributed by atoms with van der Waals surface area (Å²) in [5.41, 5.74) is 0. The molecule has 1 heterocycles. The average molecular weight is 239 g/mol. The van der Waals surface area contributed by atoms with Crippen molar-refractivity contribution in [3.63, 3.8) is 0 Å². The summed E-state index contributed by atoms with van der Waals surface area (Å²) in [6.07, 6.45) is 12.8. The highest BCUT2D eigenvalue weighted by atomic mass is 32.1. The standard InChI is InChI=1S/C14H25NS/c1-3-5-7-8-10-13(9-6-4-2)14-11-12-15-16-14/h11-13H,3-10H2,1-2H3. The molecule has 0 aromatic carbocycles. The molecule has 0 aliphatic rings. The van der Waals surface area contributed by atoms with Crippen LogP contribution in [0.5, 0.6) is 0 Å². The molecule has 2 heteroatoms. The lowest BCUT2D eigenvalue weighted by molar-refractivity contribution is 0.514. The van der Waals surface area contributed by atoms with Gasteiger partial charge in [-0.15, -0.1) is 0 Å². The fraction of sp³-hybridized carbons (Fsp3) is 0.786. The Bertz CT molecular complexity index is 243. The Hall–Kier alpha value is -0.370. The largest absolute Gasteiger partial charge is 0.201 e. The summed E-state index contributed by atoms with van der Waals surface area (Å²) in [5.74, 6) is 0.782. The molecule has 0 bridgehead atoms. The highest BCUT2D eigenvalue weighted by molar-refractivity contribution is 7.05. The van der Waals surface area contributed by atoms with Crippen molar-refractivity contribution >= 4 is 11.5 Å². The van der Waals surface area contributed by atoms with E-state index < -0.39 is 0 Å². The second kappa shape index (κ2) is 8.74. The van der Waals surface area contributed by atoms with E-state index in [2.05, 4.69) is 24.3 Å². The minimum atomic E-state index is 0.782. The van der Waals surface area contributed by atoms with Crippen LogP contribution in [0.2, 0.25) is 0 Å². The van der Waals surface area contributed by atoms with Gasteiger partial charge in [0.15, 0.2) is 0 Å². The zero-order valence-electron chi connectivity index (χ0n) is 10.7. The zero-order chi connectivity index (χ0) is 11.6. The molecule has 16 heavy (non-hydrogen) atoms. The van der Waals surface area contributed by atoms with Crippen LogP contribution in [0.3, 0.4) is 0 Å². The number of hydrogen-bond acceptors (Lipinski definition) is 2. The minimum absolute atomic E-state index is 0.782. The van der Waals surface area contributed by atoms with Crippen molar-refractivity contribution in [2.45, 2.75) is 71.1 Å². The Morgan fingerprint density at radius 1 is 1.06 bits per heavy atom. The first kappa shape index (κ1) is 13.7. The molecule has 1 atom stereocenters. The molecule has 92 valence electrons. The van der Waals surface area contributed by atoms with Crippen LogP contribution in [0, 0.1) is 0 Å². The normalized spacial score (nSPS) is 12.9. The summed E-state index contributed by atoms with van der Waals surface area (Å²) in [6.45, 7) is 4.55. The fourth-order valence-corrected chi connectivity index (χ4v) is 2.88. The summed E-state index contributed by atoms with van der Waals surface area (Å²) >= 11 is 1.70. The van der Waals surface area contributed by atoms with E-state index in [1.54, 1.807) is 11.5 Å². The Kier molecular flexibility index (Phi) is 7.48. The molecule has 0 spiro atoms. The second-order valence-corrected chi connectivity index (χ2v) is 5.47. The second-order valence-electron chi connectivity index (χ2n) is 4.60. The van der Waals surface area contributed by atoms with Gasteiger partial charge in [0.1, 0.15) is 0 Å². The number of nitrogens with zero attached hydrogens (tertiary/aromatic N) is 1. The smallest absolute Gasteiger partial charge is 0.0409 e. The van der Waals surface area contributed by atoms with Gasteiger partial charge in [0.05, 0.1) is 0 Å². The summed E-state index contributed by atoms with van der Waals surface area (Å²) in [6, 6.07) is 2.21. The van der Waals surface area contributed by atoms with Crippen LogP contribution < -0.4 is 0 Å². The molecule has 0 saturated heterocycles. The number of hydrogen-bond donors (Lipinski definition) is 0. The average Bonchev–Trinajstić information content (AvgIpc) is 2.82. The van der Waals surface area contributed by atoms with Crippen molar-refractivity contribution in [3.8, 4) is 0 Å². The predicted molar refractivity (Wildman–Crippen MR) is 73.1 cm³/mol. The van der Waals surface area contributed by atoms with E-state index in [1.807, 2.05) is 6.20 Å². The summed E-state index contributed by atoms with van der Waals surface area (Å²) in [5, 5.41) is 0. The zero-order valence-corrected chi connectivity index (χ0v) is 11.6. The van der Waals surface area contributed by atoms with Gasteiger partial charge >= 0.3 is 0 Å². The van der Waals surface area contributed by atoms with E-state index in [0.717, 1.165) is 5.92 Å². The van der Waals surface area contributed by atoms with Crippen LogP contribution in [0.25, 0.3) is 0 Å². The maximum atomic E-state index is 4.24. The lowest BCUT2D eigenvalue weighted by atomic mass is 9.94. The van der Waals surface area contributed by atoms with E-state index in [4.69, 9.17) is 0 Å². The van der Waals surface area contributed by atoms with Crippen LogP contribution in [0.15, 0.2) is 12.3 Å². The maximum absolute atomic E-state index is 4.24. The molecule has 0 saturated carbocycles. The van der Waals surface area contributed by atoms with Crippen LogP contribution in [0.1, 0.15) is 76.0 Å². The summed E-state index contributed by atoms with van der Waals surface area (Å²) in [7, 11) is 0. The Balaban J connectivity index is 2.32. The third kappa shape index (κ3) is 5.11. The quantitative estimate of drug-likeness (QED) is 0.527. The number of rotatable bonds is 9. The van der Waals surface area contributed by atoms with Gasteiger partial charge < -0.3 is 0 Å². The van der Waals surface area contributed by atoms with Crippen molar-refractivity contribution < 1.29 is 0 Å². The third-order valence-corrected chi connectivity index (χ3v) is 4.08. The summed E-state index contributed by atoms with van der Waals surface area (Å²) in [4.78, 5) is 1.50. The van der Waals surface area contributed by atoms with Crippen LogP contribution in [-0.2, 0) is 0 Å². The lowest BCUT2D eigenvalue weighted by Gasteiger charge is -2.14. The number of aromatic nitrogens is 1. The van der Waals surface area contributed by atoms with E-state index in [9.17, 15) is 0 Å². The molecule has 1 aromatic heterocycles. The van der Waals surface area contributed by atoms with Gasteiger partial charge in [0.25, 0.3) is 0 Å². The van der Waals surface area contributed by atoms with Crippen molar-refractivity contribution in [2.75, 3.05) is 0 Å². The van der Waals surface area contributed by atoms with Crippen molar-refractivity contribution in [3.05, 3.63) is 17.1 Å². The molecular weight excluding hydrogens is 214 g/mol. The molecule has 1 unspecified atom stereocenters. The fourth-order valence-electron chi connectivity index (χ4n) is 2.13. The first-order chi connectivity index (χ1) is 7.88. The van der Waals surface area contributed by atoms with Gasteiger partial charge in [0, 0.05) is 11.1 Å². The minimum Gasteiger partial charge on any atom is -0.201 e. The molecule has 1 rings (SSSR count). The molecule has 0 fully saturated rings. The molecule has 0 aliphatic heterocycles. The van der Waals surface area contributed by atoms with E-state index in [1.165, 1.54) is 56.2 Å². The number of unbranched alkanes of at least 4 members (excludes halogenated alkanes) is 4. The molecule has 1 aromatic rings. The third-order valence-electron chi connectivity index (χ3n) is 3.17. The Morgan fingerprint density at radius 3 is 2.44 bits per heavy atom. The van der Waals surface area contributed by atoms with Gasteiger partial charge in [-0.25, -0.2) is 4.37 Å². The topological polar surface area (TPSA) is 12.9 Å². The maximum Gasteiger partial charge on any atom is 0.0409 e. The van der Waals surface area contributed by atoms with Crippen LogP contribution >= 0.6 is 11.5 Å². The molecular formula is C14H25NS. The Labute approximate surface area is 104 Å². The first-order valence-electron chi connectivity index (χ1n) is 6.79. The molecule has 0 N–H and O–H groups in total. The molecule has 0 aliphatic carbocycles. The first-order valence-corrected chi connectivity index (χ1v) is 7.56. The Morgan fingerprint density at radius 2 is 1.81 bits per heavy atom. The van der Waals surface area contributed by atoms with Crippen LogP contribution in [-0.4, -0.2) is 4.37 Å². The lowest BCUT2D eigenvalue weighted by Crippen LogP contribution is -1.97. The van der Waals surface area contributed by atoms with Crippen molar-refractivity contribution in [1.29, 1.82) is 0 Å². The van der Waals surface area contributed by atoms with Gasteiger partial charge in [0.2, 0.25) is 0 Å². The molecule has 0 radical (unpaired) electrons. The van der Waals surface area contributed by atoms with Crippen LogP contribution in [0.4, 0.5) is 0 Å². The molecule has 0 amide bonds. The van der Waals surface area contributed by atoms with Crippen molar-refractivity contribution in [2.24, 2.45) is 0 Å².